The fourth-order valence-electron chi connectivity index (χ4n) is 3.21. The van der Waals surface area contributed by atoms with Crippen LogP contribution in [0.2, 0.25) is 0 Å². The van der Waals surface area contributed by atoms with Gasteiger partial charge in [-0.2, -0.15) is 5.10 Å². The number of aromatic nitrogens is 5. The summed E-state index contributed by atoms with van der Waals surface area (Å²) in [5.41, 5.74) is 3.25. The van der Waals surface area contributed by atoms with Gasteiger partial charge in [-0.1, -0.05) is 24.3 Å². The number of para-hydroxylation sites is 1. The SMILES string of the molecule is COc1ccc(Nc2ncnc3[nH]ncc23)cc1OCc1ccc2ccccc2n1. The number of nitrogens with zero attached hydrogens (tertiary/aromatic N) is 4. The molecule has 3 heterocycles. The summed E-state index contributed by atoms with van der Waals surface area (Å²) >= 11 is 0. The first-order valence-electron chi connectivity index (χ1n) is 9.37. The summed E-state index contributed by atoms with van der Waals surface area (Å²) in [7, 11) is 1.61. The van der Waals surface area contributed by atoms with Gasteiger partial charge in [0, 0.05) is 17.1 Å². The van der Waals surface area contributed by atoms with Gasteiger partial charge in [0.05, 0.1) is 29.9 Å². The van der Waals surface area contributed by atoms with Crippen LogP contribution in [0, 0.1) is 0 Å². The van der Waals surface area contributed by atoms with Gasteiger partial charge >= 0.3 is 0 Å². The Morgan fingerprint density at radius 2 is 1.93 bits per heavy atom. The van der Waals surface area contributed by atoms with Crippen LogP contribution in [0.5, 0.6) is 11.5 Å². The third-order valence-corrected chi connectivity index (χ3v) is 4.71. The average Bonchev–Trinajstić information content (AvgIpc) is 3.28. The Hall–Kier alpha value is -4.20. The highest BCUT2D eigenvalue weighted by Crippen LogP contribution is 2.32. The highest BCUT2D eigenvalue weighted by molar-refractivity contribution is 5.87. The number of aromatic amines is 1. The van der Waals surface area contributed by atoms with Crippen molar-refractivity contribution in [2.45, 2.75) is 6.61 Å². The van der Waals surface area contributed by atoms with Crippen LogP contribution in [0.25, 0.3) is 21.9 Å². The molecule has 0 atom stereocenters. The highest BCUT2D eigenvalue weighted by atomic mass is 16.5. The summed E-state index contributed by atoms with van der Waals surface area (Å²) in [4.78, 5) is 13.1. The van der Waals surface area contributed by atoms with Crippen LogP contribution in [-0.2, 0) is 6.61 Å². The zero-order valence-electron chi connectivity index (χ0n) is 16.2. The first-order chi connectivity index (χ1) is 14.8. The van der Waals surface area contributed by atoms with Gasteiger partial charge in [-0.3, -0.25) is 5.10 Å². The average molecular weight is 398 g/mol. The molecule has 0 amide bonds. The van der Waals surface area contributed by atoms with Crippen LogP contribution >= 0.6 is 0 Å². The second-order valence-corrected chi connectivity index (χ2v) is 6.63. The predicted octanol–water partition coefficient (Wildman–Crippen LogP) is 4.23. The van der Waals surface area contributed by atoms with Gasteiger partial charge in [0.2, 0.25) is 0 Å². The molecule has 0 aliphatic heterocycles. The van der Waals surface area contributed by atoms with Gasteiger partial charge in [0.25, 0.3) is 0 Å². The van der Waals surface area contributed by atoms with E-state index in [4.69, 9.17) is 9.47 Å². The second kappa shape index (κ2) is 7.67. The van der Waals surface area contributed by atoms with Crippen LogP contribution in [-0.4, -0.2) is 32.3 Å². The molecule has 5 rings (SSSR count). The van der Waals surface area contributed by atoms with E-state index in [2.05, 4.69) is 30.5 Å². The van der Waals surface area contributed by atoms with Crippen molar-refractivity contribution in [3.8, 4) is 11.5 Å². The number of pyridine rings is 1. The highest BCUT2D eigenvalue weighted by Gasteiger charge is 2.10. The molecule has 8 heteroatoms. The summed E-state index contributed by atoms with van der Waals surface area (Å²) in [6.07, 6.45) is 3.17. The van der Waals surface area contributed by atoms with Crippen LogP contribution < -0.4 is 14.8 Å². The number of H-pyrrole nitrogens is 1. The largest absolute Gasteiger partial charge is 0.493 e. The molecule has 5 aromatic rings. The van der Waals surface area contributed by atoms with Crippen LogP contribution in [0.4, 0.5) is 11.5 Å². The molecular formula is C22H18N6O2. The number of anilines is 2. The fourth-order valence-corrected chi connectivity index (χ4v) is 3.21. The van der Waals surface area contributed by atoms with Crippen molar-refractivity contribution in [1.29, 1.82) is 0 Å². The van der Waals surface area contributed by atoms with Gasteiger partial charge in [-0.05, 0) is 24.3 Å². The maximum absolute atomic E-state index is 6.04. The van der Waals surface area contributed by atoms with E-state index in [0.29, 0.717) is 29.6 Å². The molecule has 0 saturated heterocycles. The smallest absolute Gasteiger partial charge is 0.163 e. The normalized spacial score (nSPS) is 11.0. The van der Waals surface area contributed by atoms with Gasteiger partial charge in [0.15, 0.2) is 17.1 Å². The van der Waals surface area contributed by atoms with E-state index in [0.717, 1.165) is 27.7 Å². The van der Waals surface area contributed by atoms with Crippen molar-refractivity contribution in [3.05, 3.63) is 72.8 Å². The number of hydrogen-bond donors (Lipinski definition) is 2. The van der Waals surface area contributed by atoms with Crippen LogP contribution in [0.3, 0.4) is 0 Å². The van der Waals surface area contributed by atoms with E-state index >= 15 is 0 Å². The second-order valence-electron chi connectivity index (χ2n) is 6.63. The van der Waals surface area contributed by atoms with Crippen molar-refractivity contribution < 1.29 is 9.47 Å². The molecule has 0 unspecified atom stereocenters. The third kappa shape index (κ3) is 3.46. The Morgan fingerprint density at radius 3 is 2.87 bits per heavy atom. The van der Waals surface area contributed by atoms with Gasteiger partial charge < -0.3 is 14.8 Å². The number of fused-ring (bicyclic) bond motifs is 2. The van der Waals surface area contributed by atoms with Gasteiger partial charge in [-0.25, -0.2) is 15.0 Å². The molecule has 0 fully saturated rings. The Labute approximate surface area is 171 Å². The molecule has 30 heavy (non-hydrogen) atoms. The molecule has 0 radical (unpaired) electrons. The monoisotopic (exact) mass is 398 g/mol. The summed E-state index contributed by atoms with van der Waals surface area (Å²) in [5, 5.41) is 12.0. The number of hydrogen-bond acceptors (Lipinski definition) is 7. The quantitative estimate of drug-likeness (QED) is 0.442. The van der Waals surface area contributed by atoms with E-state index in [1.165, 1.54) is 6.33 Å². The molecule has 148 valence electrons. The first-order valence-corrected chi connectivity index (χ1v) is 9.37. The van der Waals surface area contributed by atoms with E-state index < -0.39 is 0 Å². The van der Waals surface area contributed by atoms with E-state index in [9.17, 15) is 0 Å². The number of nitrogens with one attached hydrogen (secondary N) is 2. The first kappa shape index (κ1) is 17.9. The van der Waals surface area contributed by atoms with Crippen molar-refractivity contribution in [1.82, 2.24) is 25.1 Å². The molecule has 2 N–H and O–H groups in total. The topological polar surface area (TPSA) is 97.8 Å². The zero-order valence-corrected chi connectivity index (χ0v) is 16.2. The van der Waals surface area contributed by atoms with Gasteiger partial charge in [-0.15, -0.1) is 0 Å². The number of ether oxygens (including phenoxy) is 2. The molecule has 0 spiro atoms. The zero-order chi connectivity index (χ0) is 20.3. The fraction of sp³-hybridized carbons (Fsp3) is 0.0909. The molecule has 0 aliphatic carbocycles. The molecule has 0 bridgehead atoms. The maximum atomic E-state index is 6.04. The lowest BCUT2D eigenvalue weighted by atomic mass is 10.2. The molecule has 0 aliphatic rings. The van der Waals surface area contributed by atoms with E-state index in [1.54, 1.807) is 13.3 Å². The van der Waals surface area contributed by atoms with E-state index in [1.807, 2.05) is 54.6 Å². The molecular weight excluding hydrogens is 380 g/mol. The van der Waals surface area contributed by atoms with Crippen molar-refractivity contribution in [2.24, 2.45) is 0 Å². The summed E-state index contributed by atoms with van der Waals surface area (Å²) < 4.78 is 11.5. The van der Waals surface area contributed by atoms with Crippen LogP contribution in [0.1, 0.15) is 5.69 Å². The minimum atomic E-state index is 0.324. The Kier molecular flexibility index (Phi) is 4.57. The maximum Gasteiger partial charge on any atom is 0.163 e. The Morgan fingerprint density at radius 1 is 1.00 bits per heavy atom. The standard InChI is InChI=1S/C22H18N6O2/c1-29-19-9-8-15(27-21-17-11-25-28-22(17)24-13-23-21)10-20(19)30-12-16-7-6-14-4-2-3-5-18(14)26-16/h2-11,13H,12H2,1H3,(H2,23,24,25,27,28). The molecule has 0 saturated carbocycles. The van der Waals surface area contributed by atoms with Gasteiger partial charge in [0.1, 0.15) is 18.8 Å². The lowest BCUT2D eigenvalue weighted by molar-refractivity contribution is 0.281. The third-order valence-electron chi connectivity index (χ3n) is 4.71. The minimum absolute atomic E-state index is 0.324. The minimum Gasteiger partial charge on any atom is -0.493 e. The molecule has 2 aromatic carbocycles. The lowest BCUT2D eigenvalue weighted by Gasteiger charge is -2.13. The van der Waals surface area contributed by atoms with Crippen LogP contribution in [0.15, 0.2) is 67.1 Å². The van der Waals surface area contributed by atoms with Crippen molar-refractivity contribution in [2.75, 3.05) is 12.4 Å². The Bertz CT molecular complexity index is 1330. The molecule has 8 nitrogen and oxygen atoms in total. The van der Waals surface area contributed by atoms with E-state index in [-0.39, 0.29) is 0 Å². The van der Waals surface area contributed by atoms with Crippen molar-refractivity contribution >= 4 is 33.4 Å². The van der Waals surface area contributed by atoms with Crippen molar-refractivity contribution in [3.63, 3.8) is 0 Å². The molecule has 3 aromatic heterocycles. The summed E-state index contributed by atoms with van der Waals surface area (Å²) in [5.74, 6) is 1.90. The summed E-state index contributed by atoms with van der Waals surface area (Å²) in [6, 6.07) is 17.6. The Balaban J connectivity index is 1.39. The summed E-state index contributed by atoms with van der Waals surface area (Å²) in [6.45, 7) is 0.324. The predicted molar refractivity (Wildman–Crippen MR) is 114 cm³/mol. The lowest BCUT2D eigenvalue weighted by Crippen LogP contribution is -2.01. The number of methoxy groups -OCH3 is 1. The number of benzene rings is 2. The number of rotatable bonds is 6.